The van der Waals surface area contributed by atoms with Crippen LogP contribution in [-0.2, 0) is 0 Å². The molecule has 2 nitrogen and oxygen atoms in total. The van der Waals surface area contributed by atoms with Crippen LogP contribution in [0.5, 0.6) is 0 Å². The lowest BCUT2D eigenvalue weighted by Gasteiger charge is -2.07. The molecule has 0 aliphatic carbocycles. The van der Waals surface area contributed by atoms with Gasteiger partial charge in [0.15, 0.2) is 0 Å². The third kappa shape index (κ3) is 3.20. The van der Waals surface area contributed by atoms with Gasteiger partial charge in [-0.1, -0.05) is 0 Å². The molecule has 0 fully saturated rings. The van der Waals surface area contributed by atoms with Crippen molar-refractivity contribution in [3.05, 3.63) is 23.8 Å². The van der Waals surface area contributed by atoms with Crippen LogP contribution in [0.3, 0.4) is 0 Å². The molecule has 0 aromatic heterocycles. The molecule has 1 aromatic carbocycles. The highest BCUT2D eigenvalue weighted by atomic mass is 19.3. The minimum absolute atomic E-state index is 0.135. The fourth-order valence-electron chi connectivity index (χ4n) is 1.11. The van der Waals surface area contributed by atoms with Gasteiger partial charge in [-0.05, 0) is 30.7 Å². The molecule has 0 spiro atoms. The van der Waals surface area contributed by atoms with Crippen LogP contribution in [0.15, 0.2) is 18.2 Å². The van der Waals surface area contributed by atoms with Crippen LogP contribution in [0.25, 0.3) is 0 Å². The molecular formula is C10H14F2N2. The Balaban J connectivity index is 2.47. The van der Waals surface area contributed by atoms with Gasteiger partial charge < -0.3 is 11.1 Å². The maximum absolute atomic E-state index is 11.8. The zero-order valence-electron chi connectivity index (χ0n) is 8.06. The number of hydrogen-bond donors (Lipinski definition) is 2. The average Bonchev–Trinajstić information content (AvgIpc) is 2.10. The zero-order valence-corrected chi connectivity index (χ0v) is 8.06. The van der Waals surface area contributed by atoms with E-state index in [1.165, 1.54) is 0 Å². The molecule has 4 heteroatoms. The van der Waals surface area contributed by atoms with Crippen LogP contribution < -0.4 is 11.1 Å². The van der Waals surface area contributed by atoms with Crippen LogP contribution in [0, 0.1) is 6.92 Å². The number of nitrogen functional groups attached to an aromatic ring is 1. The standard InChI is InChI=1S/C10H14F2N2/c1-7-6-8(2-3-9(7)13)14-5-4-10(11)12/h2-3,6,10,14H,4-5,13H2,1H3. The molecule has 0 aliphatic heterocycles. The van der Waals surface area contributed by atoms with E-state index in [-0.39, 0.29) is 13.0 Å². The summed E-state index contributed by atoms with van der Waals surface area (Å²) in [5, 5.41) is 2.91. The topological polar surface area (TPSA) is 38.0 Å². The zero-order chi connectivity index (χ0) is 10.6. The van der Waals surface area contributed by atoms with Crippen molar-refractivity contribution < 1.29 is 8.78 Å². The molecule has 0 heterocycles. The van der Waals surface area contributed by atoms with Crippen molar-refractivity contribution in [3.63, 3.8) is 0 Å². The summed E-state index contributed by atoms with van der Waals surface area (Å²) < 4.78 is 23.6. The van der Waals surface area contributed by atoms with Crippen LogP contribution in [-0.4, -0.2) is 13.0 Å². The number of anilines is 2. The first kappa shape index (κ1) is 10.8. The number of nitrogens with two attached hydrogens (primary N) is 1. The van der Waals surface area contributed by atoms with Crippen molar-refractivity contribution in [2.75, 3.05) is 17.6 Å². The first-order valence-corrected chi connectivity index (χ1v) is 4.47. The van der Waals surface area contributed by atoms with Crippen molar-refractivity contribution in [2.24, 2.45) is 0 Å². The van der Waals surface area contributed by atoms with Crippen molar-refractivity contribution in [1.29, 1.82) is 0 Å². The summed E-state index contributed by atoms with van der Waals surface area (Å²) in [6, 6.07) is 5.40. The van der Waals surface area contributed by atoms with E-state index in [4.69, 9.17) is 5.73 Å². The van der Waals surface area contributed by atoms with E-state index >= 15 is 0 Å². The van der Waals surface area contributed by atoms with Crippen LogP contribution >= 0.6 is 0 Å². The maximum Gasteiger partial charge on any atom is 0.240 e. The van der Waals surface area contributed by atoms with E-state index in [1.54, 1.807) is 12.1 Å². The van der Waals surface area contributed by atoms with Crippen LogP contribution in [0.4, 0.5) is 20.2 Å². The number of alkyl halides is 2. The summed E-state index contributed by atoms with van der Waals surface area (Å²) in [6.45, 7) is 2.16. The first-order chi connectivity index (χ1) is 6.59. The fraction of sp³-hybridized carbons (Fsp3) is 0.400. The number of halogens is 2. The second-order valence-electron chi connectivity index (χ2n) is 3.18. The van der Waals surface area contributed by atoms with Gasteiger partial charge in [-0.15, -0.1) is 0 Å². The highest BCUT2D eigenvalue weighted by Crippen LogP contribution is 2.16. The third-order valence-electron chi connectivity index (χ3n) is 1.96. The summed E-state index contributed by atoms with van der Waals surface area (Å²) in [6.07, 6.45) is -2.39. The molecule has 0 saturated carbocycles. The first-order valence-electron chi connectivity index (χ1n) is 4.47. The number of aryl methyl sites for hydroxylation is 1. The molecule has 0 saturated heterocycles. The second-order valence-corrected chi connectivity index (χ2v) is 3.18. The summed E-state index contributed by atoms with van der Waals surface area (Å²) in [4.78, 5) is 0. The number of benzene rings is 1. The van der Waals surface area contributed by atoms with Crippen molar-refractivity contribution in [3.8, 4) is 0 Å². The third-order valence-corrected chi connectivity index (χ3v) is 1.96. The smallest absolute Gasteiger partial charge is 0.240 e. The number of hydrogen-bond acceptors (Lipinski definition) is 2. The Kier molecular flexibility index (Phi) is 3.68. The van der Waals surface area contributed by atoms with E-state index < -0.39 is 6.43 Å². The molecule has 0 bridgehead atoms. The summed E-state index contributed by atoms with van der Waals surface area (Å²) >= 11 is 0. The van der Waals surface area contributed by atoms with Crippen LogP contribution in [0.1, 0.15) is 12.0 Å². The van der Waals surface area contributed by atoms with E-state index in [0.29, 0.717) is 5.69 Å². The predicted octanol–water partition coefficient (Wildman–Crippen LogP) is 2.64. The van der Waals surface area contributed by atoms with Crippen molar-refractivity contribution in [2.45, 2.75) is 19.8 Å². The Morgan fingerprint density at radius 1 is 1.43 bits per heavy atom. The van der Waals surface area contributed by atoms with E-state index in [1.807, 2.05) is 13.0 Å². The molecule has 0 aliphatic rings. The van der Waals surface area contributed by atoms with Crippen molar-refractivity contribution >= 4 is 11.4 Å². The molecular weight excluding hydrogens is 186 g/mol. The van der Waals surface area contributed by atoms with E-state index in [2.05, 4.69) is 5.32 Å². The Bertz CT molecular complexity index is 300. The molecule has 0 amide bonds. The molecule has 78 valence electrons. The summed E-state index contributed by atoms with van der Waals surface area (Å²) in [7, 11) is 0. The molecule has 1 rings (SSSR count). The number of rotatable bonds is 4. The SMILES string of the molecule is Cc1cc(NCCC(F)F)ccc1N. The van der Waals surface area contributed by atoms with Gasteiger partial charge in [0.05, 0.1) is 0 Å². The number of nitrogens with one attached hydrogen (secondary N) is 1. The van der Waals surface area contributed by atoms with Gasteiger partial charge in [0, 0.05) is 24.3 Å². The summed E-state index contributed by atoms with van der Waals surface area (Å²) in [5.74, 6) is 0. The molecule has 1 aromatic rings. The Morgan fingerprint density at radius 3 is 2.71 bits per heavy atom. The van der Waals surface area contributed by atoms with Gasteiger partial charge >= 0.3 is 0 Å². The molecule has 3 N–H and O–H groups in total. The average molecular weight is 200 g/mol. The Labute approximate surface area is 82.1 Å². The van der Waals surface area contributed by atoms with Gasteiger partial charge in [0.2, 0.25) is 6.43 Å². The minimum atomic E-state index is -2.25. The highest BCUT2D eigenvalue weighted by molar-refractivity contribution is 5.56. The molecule has 0 radical (unpaired) electrons. The predicted molar refractivity (Wildman–Crippen MR) is 54.7 cm³/mol. The largest absolute Gasteiger partial charge is 0.399 e. The lowest BCUT2D eigenvalue weighted by Crippen LogP contribution is -2.06. The normalized spacial score (nSPS) is 10.6. The highest BCUT2D eigenvalue weighted by Gasteiger charge is 2.01. The molecule has 14 heavy (non-hydrogen) atoms. The minimum Gasteiger partial charge on any atom is -0.399 e. The quantitative estimate of drug-likeness (QED) is 0.733. The van der Waals surface area contributed by atoms with Gasteiger partial charge in [-0.3, -0.25) is 0 Å². The van der Waals surface area contributed by atoms with Crippen LogP contribution in [0.2, 0.25) is 0 Å². The van der Waals surface area contributed by atoms with Gasteiger partial charge in [-0.25, -0.2) is 8.78 Å². The maximum atomic E-state index is 11.8. The van der Waals surface area contributed by atoms with Crippen molar-refractivity contribution in [1.82, 2.24) is 0 Å². The lowest BCUT2D eigenvalue weighted by molar-refractivity contribution is 0.142. The second kappa shape index (κ2) is 4.79. The molecule has 0 unspecified atom stereocenters. The Morgan fingerprint density at radius 2 is 2.14 bits per heavy atom. The fourth-order valence-corrected chi connectivity index (χ4v) is 1.11. The Hall–Kier alpha value is -1.32. The monoisotopic (exact) mass is 200 g/mol. The lowest BCUT2D eigenvalue weighted by atomic mass is 10.2. The van der Waals surface area contributed by atoms with Gasteiger partial charge in [0.1, 0.15) is 0 Å². The van der Waals surface area contributed by atoms with E-state index in [0.717, 1.165) is 11.3 Å². The van der Waals surface area contributed by atoms with Gasteiger partial charge in [0.25, 0.3) is 0 Å². The summed E-state index contributed by atoms with van der Waals surface area (Å²) in [5.41, 5.74) is 8.11. The van der Waals surface area contributed by atoms with E-state index in [9.17, 15) is 8.78 Å². The van der Waals surface area contributed by atoms with Gasteiger partial charge in [-0.2, -0.15) is 0 Å². The molecule has 0 atom stereocenters.